The summed E-state index contributed by atoms with van der Waals surface area (Å²) in [5, 5.41) is 4.73. The number of aryl methyl sites for hydroxylation is 1. The molecule has 1 fully saturated rings. The van der Waals surface area contributed by atoms with Crippen molar-refractivity contribution in [2.45, 2.75) is 77.6 Å². The van der Waals surface area contributed by atoms with Crippen molar-refractivity contribution in [3.05, 3.63) is 16.1 Å². The standard InChI is InChI=1S/C17H29N3O2S/c1-12-18-10-15(23-12)11-19-13-6-8-14(9-7-13)20(5)16(21)22-17(2,3)4/h10,13-14,19H,6-9,11H2,1-5H3. The van der Waals surface area contributed by atoms with Crippen LogP contribution in [0.15, 0.2) is 6.20 Å². The average Bonchev–Trinajstić information content (AvgIpc) is 2.89. The van der Waals surface area contributed by atoms with E-state index in [2.05, 4.69) is 10.3 Å². The lowest BCUT2D eigenvalue weighted by molar-refractivity contribution is 0.0179. The van der Waals surface area contributed by atoms with E-state index in [1.54, 1.807) is 16.2 Å². The smallest absolute Gasteiger partial charge is 0.410 e. The van der Waals surface area contributed by atoms with Crippen molar-refractivity contribution >= 4 is 17.4 Å². The van der Waals surface area contributed by atoms with Crippen LogP contribution in [-0.2, 0) is 11.3 Å². The highest BCUT2D eigenvalue weighted by Gasteiger charge is 2.29. The maximum absolute atomic E-state index is 12.1. The van der Waals surface area contributed by atoms with E-state index in [0.29, 0.717) is 6.04 Å². The molecule has 1 amide bonds. The minimum absolute atomic E-state index is 0.214. The number of thiazole rings is 1. The summed E-state index contributed by atoms with van der Waals surface area (Å²) in [5.41, 5.74) is -0.434. The Labute approximate surface area is 143 Å². The molecule has 1 heterocycles. The first kappa shape index (κ1) is 18.2. The van der Waals surface area contributed by atoms with Gasteiger partial charge in [-0.05, 0) is 53.4 Å². The van der Waals surface area contributed by atoms with E-state index < -0.39 is 5.60 Å². The molecular formula is C17H29N3O2S. The van der Waals surface area contributed by atoms with Gasteiger partial charge in [-0.2, -0.15) is 0 Å². The summed E-state index contributed by atoms with van der Waals surface area (Å²) >= 11 is 1.75. The summed E-state index contributed by atoms with van der Waals surface area (Å²) < 4.78 is 5.45. The SMILES string of the molecule is Cc1ncc(CNC2CCC(N(C)C(=O)OC(C)(C)C)CC2)s1. The molecule has 1 aromatic heterocycles. The molecule has 0 spiro atoms. The van der Waals surface area contributed by atoms with Gasteiger partial charge in [-0.25, -0.2) is 9.78 Å². The summed E-state index contributed by atoms with van der Waals surface area (Å²) in [6.07, 6.45) is 5.97. The lowest BCUT2D eigenvalue weighted by atomic mass is 9.90. The second kappa shape index (κ2) is 7.62. The van der Waals surface area contributed by atoms with Crippen molar-refractivity contribution in [2.75, 3.05) is 7.05 Å². The Hall–Kier alpha value is -1.14. The number of rotatable bonds is 4. The third-order valence-corrected chi connectivity index (χ3v) is 5.07. The Morgan fingerprint density at radius 3 is 2.57 bits per heavy atom. The predicted octanol–water partition coefficient (Wildman–Crippen LogP) is 3.72. The molecule has 0 saturated heterocycles. The fraction of sp³-hybridized carbons (Fsp3) is 0.765. The Bertz CT molecular complexity index is 516. The van der Waals surface area contributed by atoms with Gasteiger partial charge in [0.05, 0.1) is 5.01 Å². The van der Waals surface area contributed by atoms with E-state index in [9.17, 15) is 4.79 Å². The lowest BCUT2D eigenvalue weighted by Crippen LogP contribution is -2.44. The topological polar surface area (TPSA) is 54.5 Å². The monoisotopic (exact) mass is 339 g/mol. The van der Waals surface area contributed by atoms with Gasteiger partial charge in [0.1, 0.15) is 5.60 Å². The van der Waals surface area contributed by atoms with Gasteiger partial charge >= 0.3 is 6.09 Å². The largest absolute Gasteiger partial charge is 0.444 e. The quantitative estimate of drug-likeness (QED) is 0.908. The van der Waals surface area contributed by atoms with Crippen molar-refractivity contribution in [2.24, 2.45) is 0 Å². The highest BCUT2D eigenvalue weighted by atomic mass is 32.1. The highest BCUT2D eigenvalue weighted by Crippen LogP contribution is 2.24. The number of hydrogen-bond donors (Lipinski definition) is 1. The molecule has 1 N–H and O–H groups in total. The van der Waals surface area contributed by atoms with Gasteiger partial charge in [-0.1, -0.05) is 0 Å². The van der Waals surface area contributed by atoms with Gasteiger partial charge in [0.2, 0.25) is 0 Å². The average molecular weight is 340 g/mol. The lowest BCUT2D eigenvalue weighted by Gasteiger charge is -2.35. The summed E-state index contributed by atoms with van der Waals surface area (Å²) in [5.74, 6) is 0. The first-order valence-corrected chi connectivity index (χ1v) is 9.17. The summed E-state index contributed by atoms with van der Waals surface area (Å²) in [7, 11) is 1.85. The van der Waals surface area contributed by atoms with Gasteiger partial charge in [-0.3, -0.25) is 0 Å². The fourth-order valence-corrected chi connectivity index (χ4v) is 3.63. The molecule has 0 aromatic carbocycles. The van der Waals surface area contributed by atoms with Gasteiger partial charge in [0.25, 0.3) is 0 Å². The second-order valence-electron chi connectivity index (χ2n) is 7.32. The molecule has 0 radical (unpaired) electrons. The van der Waals surface area contributed by atoms with Crippen molar-refractivity contribution in [3.8, 4) is 0 Å². The zero-order valence-corrected chi connectivity index (χ0v) is 15.7. The molecule has 0 atom stereocenters. The zero-order valence-electron chi connectivity index (χ0n) is 14.9. The number of ether oxygens (including phenoxy) is 1. The summed E-state index contributed by atoms with van der Waals surface area (Å²) in [6.45, 7) is 8.64. The van der Waals surface area contributed by atoms with E-state index in [0.717, 1.165) is 37.2 Å². The van der Waals surface area contributed by atoms with Crippen LogP contribution in [0.25, 0.3) is 0 Å². The molecule has 130 valence electrons. The third kappa shape index (κ3) is 5.77. The van der Waals surface area contributed by atoms with Crippen molar-refractivity contribution in [3.63, 3.8) is 0 Å². The molecule has 6 heteroatoms. The van der Waals surface area contributed by atoms with Crippen molar-refractivity contribution in [1.29, 1.82) is 0 Å². The minimum atomic E-state index is -0.434. The van der Waals surface area contributed by atoms with Gasteiger partial charge in [0.15, 0.2) is 0 Å². The van der Waals surface area contributed by atoms with Crippen LogP contribution in [0.5, 0.6) is 0 Å². The van der Waals surface area contributed by atoms with Crippen molar-refractivity contribution in [1.82, 2.24) is 15.2 Å². The van der Waals surface area contributed by atoms with Crippen LogP contribution in [0, 0.1) is 6.92 Å². The fourth-order valence-electron chi connectivity index (χ4n) is 2.88. The van der Waals surface area contributed by atoms with E-state index in [-0.39, 0.29) is 12.1 Å². The van der Waals surface area contributed by atoms with Crippen LogP contribution in [0.2, 0.25) is 0 Å². The summed E-state index contributed by atoms with van der Waals surface area (Å²) in [4.78, 5) is 19.5. The molecule has 1 aliphatic rings. The second-order valence-corrected chi connectivity index (χ2v) is 8.64. The highest BCUT2D eigenvalue weighted by molar-refractivity contribution is 7.11. The van der Waals surface area contributed by atoms with E-state index in [1.807, 2.05) is 40.9 Å². The molecule has 0 unspecified atom stereocenters. The Morgan fingerprint density at radius 1 is 1.39 bits per heavy atom. The maximum Gasteiger partial charge on any atom is 0.410 e. The van der Waals surface area contributed by atoms with E-state index >= 15 is 0 Å². The van der Waals surface area contributed by atoms with Crippen LogP contribution in [0.1, 0.15) is 56.3 Å². The number of carbonyl (C=O) groups is 1. The Balaban J connectivity index is 1.73. The van der Waals surface area contributed by atoms with Crippen LogP contribution < -0.4 is 5.32 Å². The van der Waals surface area contributed by atoms with Crippen LogP contribution in [0.4, 0.5) is 4.79 Å². The molecule has 0 bridgehead atoms. The van der Waals surface area contributed by atoms with Crippen molar-refractivity contribution < 1.29 is 9.53 Å². The molecule has 1 aromatic rings. The first-order valence-electron chi connectivity index (χ1n) is 8.35. The van der Waals surface area contributed by atoms with Gasteiger partial charge in [0, 0.05) is 36.8 Å². The van der Waals surface area contributed by atoms with Gasteiger partial charge < -0.3 is 15.0 Å². The number of nitrogens with zero attached hydrogens (tertiary/aromatic N) is 2. The molecule has 0 aliphatic heterocycles. The Morgan fingerprint density at radius 2 is 2.04 bits per heavy atom. The van der Waals surface area contributed by atoms with E-state index in [1.165, 1.54) is 4.88 Å². The molecule has 5 nitrogen and oxygen atoms in total. The molecule has 1 saturated carbocycles. The number of aromatic nitrogens is 1. The first-order chi connectivity index (χ1) is 10.7. The minimum Gasteiger partial charge on any atom is -0.444 e. The molecule has 2 rings (SSSR count). The summed E-state index contributed by atoms with van der Waals surface area (Å²) in [6, 6.07) is 0.814. The van der Waals surface area contributed by atoms with Crippen LogP contribution in [-0.4, -0.2) is 40.7 Å². The third-order valence-electron chi connectivity index (χ3n) is 4.16. The molecule has 23 heavy (non-hydrogen) atoms. The molecular weight excluding hydrogens is 310 g/mol. The zero-order chi connectivity index (χ0) is 17.0. The number of nitrogens with one attached hydrogen (secondary N) is 1. The predicted molar refractivity (Wildman–Crippen MR) is 93.7 cm³/mol. The number of amides is 1. The van der Waals surface area contributed by atoms with Gasteiger partial charge in [-0.15, -0.1) is 11.3 Å². The number of hydrogen-bond acceptors (Lipinski definition) is 5. The maximum atomic E-state index is 12.1. The number of carbonyl (C=O) groups excluding carboxylic acids is 1. The van der Waals surface area contributed by atoms with Crippen LogP contribution in [0.3, 0.4) is 0 Å². The molecule has 1 aliphatic carbocycles. The van der Waals surface area contributed by atoms with Crippen LogP contribution >= 0.6 is 11.3 Å². The van der Waals surface area contributed by atoms with E-state index in [4.69, 9.17) is 4.74 Å². The Kier molecular flexibility index (Phi) is 6.03. The normalized spacial score (nSPS) is 22.0.